The number of halogens is 3. The SMILES string of the molecule is CCCNCC1CCCN1CCCOCC(F)(F)F. The summed E-state index contributed by atoms with van der Waals surface area (Å²) < 4.78 is 40.2. The highest BCUT2D eigenvalue weighted by Crippen LogP contribution is 2.17. The summed E-state index contributed by atoms with van der Waals surface area (Å²) in [5, 5.41) is 3.41. The lowest BCUT2D eigenvalue weighted by Crippen LogP contribution is -2.39. The van der Waals surface area contributed by atoms with Crippen LogP contribution < -0.4 is 5.32 Å². The predicted molar refractivity (Wildman–Crippen MR) is 69.2 cm³/mol. The summed E-state index contributed by atoms with van der Waals surface area (Å²) in [4.78, 5) is 2.36. The summed E-state index contributed by atoms with van der Waals surface area (Å²) in [6.45, 7) is 5.08. The highest BCUT2D eigenvalue weighted by molar-refractivity contribution is 4.80. The summed E-state index contributed by atoms with van der Waals surface area (Å²) in [5.41, 5.74) is 0. The number of rotatable bonds is 9. The van der Waals surface area contributed by atoms with Crippen LogP contribution in [0.1, 0.15) is 32.6 Å². The molecule has 0 aromatic heterocycles. The van der Waals surface area contributed by atoms with E-state index in [1.807, 2.05) is 0 Å². The van der Waals surface area contributed by atoms with Crippen LogP contribution in [0.2, 0.25) is 0 Å². The van der Waals surface area contributed by atoms with Gasteiger partial charge in [0.25, 0.3) is 0 Å². The maximum atomic E-state index is 11.9. The Morgan fingerprint density at radius 3 is 2.84 bits per heavy atom. The summed E-state index contributed by atoms with van der Waals surface area (Å²) in [7, 11) is 0. The number of likely N-dealkylation sites (tertiary alicyclic amines) is 1. The molecule has 0 radical (unpaired) electrons. The molecule has 6 heteroatoms. The zero-order chi connectivity index (χ0) is 14.1. The van der Waals surface area contributed by atoms with Crippen molar-refractivity contribution < 1.29 is 17.9 Å². The maximum absolute atomic E-state index is 11.9. The van der Waals surface area contributed by atoms with E-state index in [-0.39, 0.29) is 6.61 Å². The topological polar surface area (TPSA) is 24.5 Å². The molecule has 1 saturated heterocycles. The molecule has 19 heavy (non-hydrogen) atoms. The highest BCUT2D eigenvalue weighted by atomic mass is 19.4. The summed E-state index contributed by atoms with van der Waals surface area (Å²) in [6.07, 6.45) is -0.0549. The molecule has 0 aromatic carbocycles. The van der Waals surface area contributed by atoms with Gasteiger partial charge in [0.1, 0.15) is 6.61 Å². The fourth-order valence-electron chi connectivity index (χ4n) is 2.42. The molecule has 1 unspecified atom stereocenters. The second kappa shape index (κ2) is 8.76. The number of nitrogens with one attached hydrogen (secondary N) is 1. The van der Waals surface area contributed by atoms with E-state index in [1.165, 1.54) is 12.8 Å². The normalized spacial score (nSPS) is 21.2. The summed E-state index contributed by atoms with van der Waals surface area (Å²) in [5.74, 6) is 0. The average molecular weight is 282 g/mol. The van der Waals surface area contributed by atoms with Gasteiger partial charge < -0.3 is 10.1 Å². The number of nitrogens with zero attached hydrogens (tertiary/aromatic N) is 1. The first-order valence-corrected chi connectivity index (χ1v) is 7.12. The third kappa shape index (κ3) is 7.74. The Balaban J connectivity index is 2.07. The first-order chi connectivity index (χ1) is 9.03. The standard InChI is InChI=1S/C13H25F3N2O/c1-2-6-17-10-12-5-3-7-18(12)8-4-9-19-11-13(14,15)16/h12,17H,2-11H2,1H3. The van der Waals surface area contributed by atoms with Crippen molar-refractivity contribution in [3.05, 3.63) is 0 Å². The fourth-order valence-corrected chi connectivity index (χ4v) is 2.42. The third-order valence-electron chi connectivity index (χ3n) is 3.31. The Morgan fingerprint density at radius 2 is 2.16 bits per heavy atom. The Bertz CT molecular complexity index is 236. The lowest BCUT2D eigenvalue weighted by Gasteiger charge is -2.24. The predicted octanol–water partition coefficient (Wildman–Crippen LogP) is 2.42. The van der Waals surface area contributed by atoms with Crippen molar-refractivity contribution in [2.75, 3.05) is 39.4 Å². The molecule has 114 valence electrons. The van der Waals surface area contributed by atoms with Gasteiger partial charge in [0, 0.05) is 25.7 Å². The summed E-state index contributed by atoms with van der Waals surface area (Å²) >= 11 is 0. The van der Waals surface area contributed by atoms with Crippen LogP contribution in [0.3, 0.4) is 0 Å². The minimum Gasteiger partial charge on any atom is -0.372 e. The molecule has 1 atom stereocenters. The zero-order valence-electron chi connectivity index (χ0n) is 11.6. The number of ether oxygens (including phenoxy) is 1. The Morgan fingerprint density at radius 1 is 1.37 bits per heavy atom. The van der Waals surface area contributed by atoms with Gasteiger partial charge in [-0.25, -0.2) is 0 Å². The van der Waals surface area contributed by atoms with Gasteiger partial charge in [0.15, 0.2) is 0 Å². The first-order valence-electron chi connectivity index (χ1n) is 7.12. The molecule has 1 heterocycles. The van der Waals surface area contributed by atoms with Crippen molar-refractivity contribution in [3.63, 3.8) is 0 Å². The number of hydrogen-bond donors (Lipinski definition) is 1. The minimum atomic E-state index is -4.21. The molecule has 1 N–H and O–H groups in total. The van der Waals surface area contributed by atoms with E-state index in [4.69, 9.17) is 0 Å². The van der Waals surface area contributed by atoms with Crippen molar-refractivity contribution in [2.24, 2.45) is 0 Å². The number of hydrogen-bond acceptors (Lipinski definition) is 3. The third-order valence-corrected chi connectivity index (χ3v) is 3.31. The smallest absolute Gasteiger partial charge is 0.372 e. The average Bonchev–Trinajstić information content (AvgIpc) is 2.75. The molecular weight excluding hydrogens is 257 g/mol. The highest BCUT2D eigenvalue weighted by Gasteiger charge is 2.27. The molecule has 1 fully saturated rings. The second-order valence-electron chi connectivity index (χ2n) is 5.06. The van der Waals surface area contributed by atoms with Crippen molar-refractivity contribution in [1.29, 1.82) is 0 Å². The van der Waals surface area contributed by atoms with E-state index >= 15 is 0 Å². The van der Waals surface area contributed by atoms with Crippen LogP contribution in [-0.2, 0) is 4.74 Å². The quantitative estimate of drug-likeness (QED) is 0.657. The first kappa shape index (κ1) is 16.7. The van der Waals surface area contributed by atoms with Crippen LogP contribution in [0.25, 0.3) is 0 Å². The van der Waals surface area contributed by atoms with Crippen LogP contribution >= 0.6 is 0 Å². The van der Waals surface area contributed by atoms with E-state index in [2.05, 4.69) is 21.9 Å². The van der Waals surface area contributed by atoms with E-state index < -0.39 is 12.8 Å². The molecule has 0 amide bonds. The molecule has 1 rings (SSSR count). The van der Waals surface area contributed by atoms with Crippen LogP contribution in [0.5, 0.6) is 0 Å². The minimum absolute atomic E-state index is 0.186. The molecule has 0 spiro atoms. The van der Waals surface area contributed by atoms with E-state index in [0.717, 1.165) is 32.6 Å². The molecule has 3 nitrogen and oxygen atoms in total. The molecule has 1 aliphatic rings. The van der Waals surface area contributed by atoms with Crippen LogP contribution in [0.4, 0.5) is 13.2 Å². The van der Waals surface area contributed by atoms with Crippen molar-refractivity contribution in [3.8, 4) is 0 Å². The lowest BCUT2D eigenvalue weighted by atomic mass is 10.2. The summed E-state index contributed by atoms with van der Waals surface area (Å²) in [6, 6.07) is 0.536. The van der Waals surface area contributed by atoms with Gasteiger partial charge in [0.05, 0.1) is 0 Å². The van der Waals surface area contributed by atoms with Gasteiger partial charge in [0.2, 0.25) is 0 Å². The monoisotopic (exact) mass is 282 g/mol. The molecule has 1 aliphatic heterocycles. The lowest BCUT2D eigenvalue weighted by molar-refractivity contribution is -0.174. The molecular formula is C13H25F3N2O. The fraction of sp³-hybridized carbons (Fsp3) is 1.00. The second-order valence-corrected chi connectivity index (χ2v) is 5.06. The molecule has 0 bridgehead atoms. The van der Waals surface area contributed by atoms with Gasteiger partial charge in [-0.3, -0.25) is 4.90 Å². The van der Waals surface area contributed by atoms with Crippen molar-refractivity contribution in [1.82, 2.24) is 10.2 Å². The van der Waals surface area contributed by atoms with Gasteiger partial charge in [-0.05, 0) is 38.8 Å². The zero-order valence-corrected chi connectivity index (χ0v) is 11.6. The van der Waals surface area contributed by atoms with E-state index in [1.54, 1.807) is 0 Å². The van der Waals surface area contributed by atoms with Gasteiger partial charge >= 0.3 is 6.18 Å². The van der Waals surface area contributed by atoms with Gasteiger partial charge in [-0.15, -0.1) is 0 Å². The van der Waals surface area contributed by atoms with Crippen LogP contribution in [-0.4, -0.2) is 56.5 Å². The van der Waals surface area contributed by atoms with E-state index in [0.29, 0.717) is 12.5 Å². The van der Waals surface area contributed by atoms with Crippen molar-refractivity contribution in [2.45, 2.75) is 44.8 Å². The van der Waals surface area contributed by atoms with Crippen molar-refractivity contribution >= 4 is 0 Å². The van der Waals surface area contributed by atoms with Gasteiger partial charge in [-0.2, -0.15) is 13.2 Å². The molecule has 0 aromatic rings. The Labute approximate surface area is 113 Å². The number of alkyl halides is 3. The van der Waals surface area contributed by atoms with E-state index in [9.17, 15) is 13.2 Å². The van der Waals surface area contributed by atoms with Crippen LogP contribution in [0, 0.1) is 0 Å². The maximum Gasteiger partial charge on any atom is 0.411 e. The molecule has 0 aliphatic carbocycles. The largest absolute Gasteiger partial charge is 0.411 e. The Kier molecular flexibility index (Phi) is 7.71. The van der Waals surface area contributed by atoms with Gasteiger partial charge in [-0.1, -0.05) is 6.92 Å². The molecule has 0 saturated carbocycles. The van der Waals surface area contributed by atoms with Crippen LogP contribution in [0.15, 0.2) is 0 Å². The Hall–Kier alpha value is -0.330.